The molecule has 150 valence electrons. The number of carbonyl (C=O) groups excluding carboxylic acids is 1. The van der Waals surface area contributed by atoms with Crippen LogP contribution in [0.4, 0.5) is 5.82 Å². The van der Waals surface area contributed by atoms with Gasteiger partial charge in [0.2, 0.25) is 0 Å². The molecule has 3 rings (SSSR count). The smallest absolute Gasteiger partial charge is 0.337 e. The van der Waals surface area contributed by atoms with Crippen LogP contribution in [0.1, 0.15) is 40.0 Å². The van der Waals surface area contributed by atoms with E-state index in [0.717, 1.165) is 5.69 Å². The SMILES string of the molecule is CCc1[nH]c(C(=O)NC2CCN(c3ccc(C(=O)O)cn3)CC2OC)nc1Cl. The molecule has 0 aromatic carbocycles. The highest BCUT2D eigenvalue weighted by Gasteiger charge is 2.32. The van der Waals surface area contributed by atoms with E-state index in [2.05, 4.69) is 20.3 Å². The van der Waals surface area contributed by atoms with Crippen LogP contribution in [0, 0.1) is 0 Å². The molecule has 0 bridgehead atoms. The highest BCUT2D eigenvalue weighted by Crippen LogP contribution is 2.21. The predicted octanol–water partition coefficient (Wildman–Crippen LogP) is 1.74. The van der Waals surface area contributed by atoms with Crippen LogP contribution in [0.25, 0.3) is 0 Å². The third-order valence-electron chi connectivity index (χ3n) is 4.79. The molecule has 2 unspecified atom stereocenters. The summed E-state index contributed by atoms with van der Waals surface area (Å²) in [5, 5.41) is 12.2. The maximum absolute atomic E-state index is 12.5. The van der Waals surface area contributed by atoms with Gasteiger partial charge in [-0.1, -0.05) is 18.5 Å². The molecule has 0 spiro atoms. The summed E-state index contributed by atoms with van der Waals surface area (Å²) >= 11 is 6.01. The van der Waals surface area contributed by atoms with E-state index in [1.54, 1.807) is 13.2 Å². The van der Waals surface area contributed by atoms with Gasteiger partial charge in [-0.3, -0.25) is 4.79 Å². The number of carbonyl (C=O) groups is 2. The fourth-order valence-electron chi connectivity index (χ4n) is 3.19. The third-order valence-corrected chi connectivity index (χ3v) is 5.11. The van der Waals surface area contributed by atoms with Gasteiger partial charge in [0.1, 0.15) is 5.82 Å². The quantitative estimate of drug-likeness (QED) is 0.666. The third kappa shape index (κ3) is 4.26. The van der Waals surface area contributed by atoms with Crippen molar-refractivity contribution in [3.05, 3.63) is 40.6 Å². The topological polar surface area (TPSA) is 120 Å². The van der Waals surface area contributed by atoms with E-state index in [-0.39, 0.29) is 29.4 Å². The first-order valence-corrected chi connectivity index (χ1v) is 9.33. The van der Waals surface area contributed by atoms with Gasteiger partial charge in [-0.2, -0.15) is 0 Å². The Bertz CT molecular complexity index is 854. The Morgan fingerprint density at radius 2 is 2.25 bits per heavy atom. The van der Waals surface area contributed by atoms with Gasteiger partial charge in [-0.15, -0.1) is 0 Å². The number of pyridine rings is 1. The van der Waals surface area contributed by atoms with Crippen molar-refractivity contribution < 1.29 is 19.4 Å². The minimum atomic E-state index is -1.01. The van der Waals surface area contributed by atoms with Gasteiger partial charge in [0.15, 0.2) is 11.0 Å². The number of piperidine rings is 1. The number of aromatic nitrogens is 3. The number of amides is 1. The predicted molar refractivity (Wildman–Crippen MR) is 103 cm³/mol. The lowest BCUT2D eigenvalue weighted by molar-refractivity contribution is 0.0537. The molecule has 28 heavy (non-hydrogen) atoms. The van der Waals surface area contributed by atoms with Gasteiger partial charge < -0.3 is 25.0 Å². The lowest BCUT2D eigenvalue weighted by atomic mass is 10.0. The molecule has 0 saturated carbocycles. The molecule has 2 atom stereocenters. The average molecular weight is 408 g/mol. The molecule has 1 fully saturated rings. The van der Waals surface area contributed by atoms with Crippen LogP contribution in [0.2, 0.25) is 5.15 Å². The number of nitrogens with one attached hydrogen (secondary N) is 2. The zero-order valence-corrected chi connectivity index (χ0v) is 16.4. The molecule has 0 radical (unpaired) electrons. The molecule has 2 aromatic rings. The van der Waals surface area contributed by atoms with Crippen LogP contribution in [0.15, 0.2) is 18.3 Å². The summed E-state index contributed by atoms with van der Waals surface area (Å²) in [5.74, 6) is -0.488. The Morgan fingerprint density at radius 3 is 2.82 bits per heavy atom. The zero-order valence-electron chi connectivity index (χ0n) is 15.6. The highest BCUT2D eigenvalue weighted by molar-refractivity contribution is 6.30. The van der Waals surface area contributed by atoms with E-state index in [9.17, 15) is 9.59 Å². The van der Waals surface area contributed by atoms with E-state index in [1.807, 2.05) is 11.8 Å². The molecule has 1 amide bonds. The number of aromatic amines is 1. The number of hydrogen-bond acceptors (Lipinski definition) is 6. The fraction of sp³-hybridized carbons (Fsp3) is 0.444. The van der Waals surface area contributed by atoms with Crippen LogP contribution in [0.3, 0.4) is 0 Å². The molecular weight excluding hydrogens is 386 g/mol. The number of aryl methyl sites for hydroxylation is 1. The minimum absolute atomic E-state index is 0.137. The molecule has 0 aliphatic carbocycles. The largest absolute Gasteiger partial charge is 0.478 e. The number of ether oxygens (including phenoxy) is 1. The van der Waals surface area contributed by atoms with Crippen LogP contribution in [-0.4, -0.2) is 64.3 Å². The summed E-state index contributed by atoms with van der Waals surface area (Å²) < 4.78 is 5.57. The van der Waals surface area contributed by atoms with Gasteiger partial charge >= 0.3 is 5.97 Å². The van der Waals surface area contributed by atoms with Gasteiger partial charge in [0.05, 0.1) is 23.4 Å². The van der Waals surface area contributed by atoms with Gasteiger partial charge in [0, 0.05) is 26.4 Å². The van der Waals surface area contributed by atoms with Gasteiger partial charge in [-0.25, -0.2) is 14.8 Å². The molecule has 1 aliphatic heterocycles. The van der Waals surface area contributed by atoms with Crippen molar-refractivity contribution in [2.45, 2.75) is 31.9 Å². The number of imidazole rings is 1. The molecule has 9 nitrogen and oxygen atoms in total. The summed E-state index contributed by atoms with van der Waals surface area (Å²) in [6.45, 7) is 3.08. The summed E-state index contributed by atoms with van der Waals surface area (Å²) in [5.41, 5.74) is 0.860. The zero-order chi connectivity index (χ0) is 20.3. The van der Waals surface area contributed by atoms with Gasteiger partial charge in [0.25, 0.3) is 5.91 Å². The first kappa shape index (κ1) is 20.1. The number of H-pyrrole nitrogens is 1. The van der Waals surface area contributed by atoms with Crippen LogP contribution in [-0.2, 0) is 11.2 Å². The number of methoxy groups -OCH3 is 1. The second-order valence-electron chi connectivity index (χ2n) is 6.51. The Morgan fingerprint density at radius 1 is 1.46 bits per heavy atom. The Balaban J connectivity index is 1.65. The number of anilines is 1. The van der Waals surface area contributed by atoms with E-state index < -0.39 is 5.97 Å². The Hall–Kier alpha value is -2.65. The Labute approximate surface area is 167 Å². The standard InChI is InChI=1S/C18H22ClN5O4/c1-3-11-15(19)23-16(21-11)17(25)22-12-6-7-24(9-13(12)28-2)14-5-4-10(8-20-14)18(26)27/h4-5,8,12-13H,3,6-7,9H2,1-2H3,(H,21,23)(H,22,25)(H,26,27). The number of nitrogens with zero attached hydrogens (tertiary/aromatic N) is 3. The van der Waals surface area contributed by atoms with E-state index in [4.69, 9.17) is 21.4 Å². The van der Waals surface area contributed by atoms with Crippen molar-refractivity contribution in [2.75, 3.05) is 25.1 Å². The number of halogens is 1. The van der Waals surface area contributed by atoms with Gasteiger partial charge in [-0.05, 0) is 25.0 Å². The molecular formula is C18H22ClN5O4. The maximum Gasteiger partial charge on any atom is 0.337 e. The first-order valence-electron chi connectivity index (χ1n) is 8.95. The number of carboxylic acids is 1. The van der Waals surface area contributed by atoms with Crippen LogP contribution >= 0.6 is 11.6 Å². The normalized spacial score (nSPS) is 19.5. The molecule has 1 saturated heterocycles. The van der Waals surface area contributed by atoms with E-state index >= 15 is 0 Å². The second-order valence-corrected chi connectivity index (χ2v) is 6.87. The molecule has 10 heteroatoms. The summed E-state index contributed by atoms with van der Waals surface area (Å²) in [6.07, 6.45) is 2.38. The lowest BCUT2D eigenvalue weighted by Crippen LogP contribution is -2.55. The van der Waals surface area contributed by atoms with Crippen molar-refractivity contribution in [1.29, 1.82) is 0 Å². The van der Waals surface area contributed by atoms with Crippen LogP contribution < -0.4 is 10.2 Å². The molecule has 1 aliphatic rings. The summed E-state index contributed by atoms with van der Waals surface area (Å²) in [7, 11) is 1.59. The maximum atomic E-state index is 12.5. The van der Waals surface area contributed by atoms with E-state index in [0.29, 0.717) is 36.9 Å². The number of carboxylic acid groups (broad SMARTS) is 1. The first-order chi connectivity index (χ1) is 13.4. The summed E-state index contributed by atoms with van der Waals surface area (Å²) in [4.78, 5) is 36.7. The average Bonchev–Trinajstić information content (AvgIpc) is 3.09. The number of rotatable bonds is 6. The van der Waals surface area contributed by atoms with Crippen molar-refractivity contribution in [3.8, 4) is 0 Å². The number of hydrogen-bond donors (Lipinski definition) is 3. The van der Waals surface area contributed by atoms with E-state index in [1.165, 1.54) is 12.3 Å². The molecule has 3 heterocycles. The minimum Gasteiger partial charge on any atom is -0.478 e. The van der Waals surface area contributed by atoms with Crippen molar-refractivity contribution >= 4 is 29.3 Å². The molecule has 3 N–H and O–H groups in total. The van der Waals surface area contributed by atoms with Crippen LogP contribution in [0.5, 0.6) is 0 Å². The lowest BCUT2D eigenvalue weighted by Gasteiger charge is -2.38. The Kier molecular flexibility index (Phi) is 6.15. The number of aromatic carboxylic acids is 1. The van der Waals surface area contributed by atoms with Crippen molar-refractivity contribution in [3.63, 3.8) is 0 Å². The fourth-order valence-corrected chi connectivity index (χ4v) is 3.46. The van der Waals surface area contributed by atoms with Crippen molar-refractivity contribution in [1.82, 2.24) is 20.3 Å². The summed E-state index contributed by atoms with van der Waals surface area (Å²) in [6, 6.07) is 3.00. The molecule has 2 aromatic heterocycles. The van der Waals surface area contributed by atoms with Crippen molar-refractivity contribution in [2.24, 2.45) is 0 Å². The highest BCUT2D eigenvalue weighted by atomic mass is 35.5. The second kappa shape index (κ2) is 8.57. The monoisotopic (exact) mass is 407 g/mol.